The van der Waals surface area contributed by atoms with Crippen molar-refractivity contribution in [2.45, 2.75) is 83.1 Å². The molecule has 2 saturated heterocycles. The van der Waals surface area contributed by atoms with Gasteiger partial charge in [-0.05, 0) is 37.7 Å². The number of carbonyl (C=O) groups excluding carboxylic acids is 4. The Kier molecular flexibility index (Phi) is 7.20. The Morgan fingerprint density at radius 2 is 1.79 bits per heavy atom. The van der Waals surface area contributed by atoms with Crippen molar-refractivity contribution in [2.24, 2.45) is 11.8 Å². The molecular formula is C27H35FN2O4. The Morgan fingerprint density at radius 1 is 1.09 bits per heavy atom. The fourth-order valence-electron chi connectivity index (χ4n) is 5.99. The molecule has 3 amide bonds. The van der Waals surface area contributed by atoms with Crippen molar-refractivity contribution in [1.82, 2.24) is 9.80 Å². The number of imide groups is 1. The van der Waals surface area contributed by atoms with Crippen LogP contribution in [0.4, 0.5) is 4.39 Å². The number of piperidine rings is 1. The van der Waals surface area contributed by atoms with Crippen molar-refractivity contribution in [1.29, 1.82) is 0 Å². The van der Waals surface area contributed by atoms with Gasteiger partial charge < -0.3 is 4.90 Å². The number of halogens is 1. The molecule has 34 heavy (non-hydrogen) atoms. The maximum Gasteiger partial charge on any atom is 0.241 e. The smallest absolute Gasteiger partial charge is 0.241 e. The van der Waals surface area contributed by atoms with Gasteiger partial charge in [0.05, 0.1) is 5.41 Å². The molecule has 1 aliphatic carbocycles. The third kappa shape index (κ3) is 4.66. The molecule has 3 aliphatic rings. The van der Waals surface area contributed by atoms with Crippen molar-refractivity contribution in [3.8, 4) is 0 Å². The zero-order valence-corrected chi connectivity index (χ0v) is 20.2. The number of hydrogen-bond acceptors (Lipinski definition) is 4. The number of likely N-dealkylation sites (tertiary alicyclic amines) is 2. The summed E-state index contributed by atoms with van der Waals surface area (Å²) in [4.78, 5) is 56.0. The Hall–Kier alpha value is -2.57. The van der Waals surface area contributed by atoms with Crippen molar-refractivity contribution in [2.75, 3.05) is 13.1 Å². The van der Waals surface area contributed by atoms with Crippen LogP contribution in [-0.4, -0.2) is 52.4 Å². The summed E-state index contributed by atoms with van der Waals surface area (Å²) in [5.74, 6) is -1.43. The van der Waals surface area contributed by atoms with E-state index < -0.39 is 17.1 Å². The minimum absolute atomic E-state index is 0.117. The number of amides is 3. The standard InChI is InChI=1S/C27H35FN2O4/c1-18(2)14-23(31)19-8-7-13-29(17-19)24(32)15-27(21-11-5-6-12-22(21)28)16-25(33)30(26(27)34)20-9-3-4-10-20/h5-6,11-12,18-20H,3-4,7-10,13-17H2,1-2H3/t19-,27+/m0/s1. The van der Waals surface area contributed by atoms with E-state index in [0.717, 1.165) is 32.1 Å². The molecule has 1 aromatic carbocycles. The largest absolute Gasteiger partial charge is 0.342 e. The molecule has 4 rings (SSSR count). The Balaban J connectivity index is 1.60. The molecule has 1 aromatic rings. The van der Waals surface area contributed by atoms with Gasteiger partial charge in [-0.25, -0.2) is 4.39 Å². The molecular weight excluding hydrogens is 435 g/mol. The predicted molar refractivity (Wildman–Crippen MR) is 125 cm³/mol. The highest BCUT2D eigenvalue weighted by atomic mass is 19.1. The molecule has 0 bridgehead atoms. The normalized spacial score (nSPS) is 26.1. The number of carbonyl (C=O) groups is 4. The molecule has 1 saturated carbocycles. The minimum atomic E-state index is -1.53. The number of ketones is 1. The number of hydrogen-bond donors (Lipinski definition) is 0. The van der Waals surface area contributed by atoms with Crippen LogP contribution < -0.4 is 0 Å². The van der Waals surface area contributed by atoms with Gasteiger partial charge in [0.25, 0.3) is 0 Å². The van der Waals surface area contributed by atoms with Crippen LogP contribution in [0.3, 0.4) is 0 Å². The van der Waals surface area contributed by atoms with E-state index in [9.17, 15) is 19.2 Å². The van der Waals surface area contributed by atoms with E-state index in [-0.39, 0.29) is 53.9 Å². The summed E-state index contributed by atoms with van der Waals surface area (Å²) in [5.41, 5.74) is -1.41. The van der Waals surface area contributed by atoms with Crippen LogP contribution in [0.2, 0.25) is 0 Å². The van der Waals surface area contributed by atoms with Gasteiger partial charge in [0.1, 0.15) is 11.6 Å². The molecule has 7 heteroatoms. The zero-order chi connectivity index (χ0) is 24.5. The first-order valence-corrected chi connectivity index (χ1v) is 12.6. The monoisotopic (exact) mass is 470 g/mol. The fourth-order valence-corrected chi connectivity index (χ4v) is 5.99. The topological polar surface area (TPSA) is 74.8 Å². The van der Waals surface area contributed by atoms with Crippen LogP contribution in [0.25, 0.3) is 0 Å². The van der Waals surface area contributed by atoms with Gasteiger partial charge in [-0.1, -0.05) is 44.9 Å². The van der Waals surface area contributed by atoms with Crippen LogP contribution in [0.15, 0.2) is 24.3 Å². The van der Waals surface area contributed by atoms with E-state index in [1.54, 1.807) is 17.0 Å². The van der Waals surface area contributed by atoms with E-state index in [0.29, 0.717) is 25.9 Å². The molecule has 0 radical (unpaired) electrons. The second-order valence-corrected chi connectivity index (χ2v) is 10.7. The van der Waals surface area contributed by atoms with Crippen LogP contribution in [0, 0.1) is 17.7 Å². The molecule has 2 aliphatic heterocycles. The highest BCUT2D eigenvalue weighted by Crippen LogP contribution is 2.44. The highest BCUT2D eigenvalue weighted by molar-refractivity contribution is 6.11. The summed E-state index contributed by atoms with van der Waals surface area (Å²) in [5, 5.41) is 0. The summed E-state index contributed by atoms with van der Waals surface area (Å²) in [6, 6.07) is 5.81. The van der Waals surface area contributed by atoms with Gasteiger partial charge >= 0.3 is 0 Å². The minimum Gasteiger partial charge on any atom is -0.342 e. The van der Waals surface area contributed by atoms with Gasteiger partial charge in [0, 0.05) is 49.9 Å². The van der Waals surface area contributed by atoms with Crippen molar-refractivity contribution >= 4 is 23.5 Å². The van der Waals surface area contributed by atoms with E-state index >= 15 is 4.39 Å². The SMILES string of the molecule is CC(C)CC(=O)[C@H]1CCCN(C(=O)C[C@]2(c3ccccc3F)CC(=O)N(C3CCCC3)C2=O)C1. The average molecular weight is 471 g/mol. The van der Waals surface area contributed by atoms with E-state index in [1.165, 1.54) is 17.0 Å². The summed E-state index contributed by atoms with van der Waals surface area (Å²) in [6.45, 7) is 4.83. The van der Waals surface area contributed by atoms with Crippen LogP contribution in [0.1, 0.15) is 77.2 Å². The van der Waals surface area contributed by atoms with Gasteiger partial charge in [-0.2, -0.15) is 0 Å². The number of nitrogens with zero attached hydrogens (tertiary/aromatic N) is 2. The summed E-state index contributed by atoms with van der Waals surface area (Å²) < 4.78 is 15.0. The lowest BCUT2D eigenvalue weighted by Gasteiger charge is -2.35. The van der Waals surface area contributed by atoms with Gasteiger partial charge in [0.15, 0.2) is 0 Å². The second kappa shape index (κ2) is 9.96. The average Bonchev–Trinajstić information content (AvgIpc) is 3.40. The highest BCUT2D eigenvalue weighted by Gasteiger charge is 2.57. The third-order valence-electron chi connectivity index (χ3n) is 7.72. The van der Waals surface area contributed by atoms with Gasteiger partial charge in [-0.15, -0.1) is 0 Å². The van der Waals surface area contributed by atoms with E-state index in [1.807, 2.05) is 13.8 Å². The van der Waals surface area contributed by atoms with E-state index in [2.05, 4.69) is 0 Å². The quantitative estimate of drug-likeness (QED) is 0.565. The van der Waals surface area contributed by atoms with Crippen LogP contribution in [-0.2, 0) is 24.6 Å². The molecule has 0 N–H and O–H groups in total. The van der Waals surface area contributed by atoms with Crippen LogP contribution >= 0.6 is 0 Å². The van der Waals surface area contributed by atoms with Crippen LogP contribution in [0.5, 0.6) is 0 Å². The molecule has 3 fully saturated rings. The summed E-state index contributed by atoms with van der Waals surface area (Å²) >= 11 is 0. The molecule has 0 spiro atoms. The first-order valence-electron chi connectivity index (χ1n) is 12.6. The fraction of sp³-hybridized carbons (Fsp3) is 0.630. The van der Waals surface area contributed by atoms with E-state index in [4.69, 9.17) is 0 Å². The second-order valence-electron chi connectivity index (χ2n) is 10.7. The maximum absolute atomic E-state index is 15.0. The predicted octanol–water partition coefficient (Wildman–Crippen LogP) is 4.01. The third-order valence-corrected chi connectivity index (χ3v) is 7.72. The Bertz CT molecular complexity index is 971. The lowest BCUT2D eigenvalue weighted by Crippen LogP contribution is -2.48. The zero-order valence-electron chi connectivity index (χ0n) is 20.2. The molecule has 2 heterocycles. The van der Waals surface area contributed by atoms with Crippen molar-refractivity contribution in [3.05, 3.63) is 35.6 Å². The van der Waals surface area contributed by atoms with Crippen molar-refractivity contribution in [3.63, 3.8) is 0 Å². The van der Waals surface area contributed by atoms with Gasteiger partial charge in [-0.3, -0.25) is 24.1 Å². The number of rotatable bonds is 7. The number of Topliss-reactive ketones (excluding diaryl/α,β-unsaturated/α-hetero) is 1. The van der Waals surface area contributed by atoms with Gasteiger partial charge in [0.2, 0.25) is 17.7 Å². The molecule has 184 valence electrons. The lowest BCUT2D eigenvalue weighted by atomic mass is 9.75. The maximum atomic E-state index is 15.0. The lowest BCUT2D eigenvalue weighted by molar-refractivity contribution is -0.145. The first kappa shape index (κ1) is 24.6. The Labute approximate surface area is 200 Å². The molecule has 2 atom stereocenters. The molecule has 6 nitrogen and oxygen atoms in total. The summed E-state index contributed by atoms with van der Waals surface area (Å²) in [6.07, 6.45) is 4.91. The summed E-state index contributed by atoms with van der Waals surface area (Å²) in [7, 11) is 0. The first-order chi connectivity index (χ1) is 16.2. The van der Waals surface area contributed by atoms with Crippen molar-refractivity contribution < 1.29 is 23.6 Å². The number of benzene rings is 1. The molecule has 0 aromatic heterocycles. The molecule has 0 unspecified atom stereocenters. The Morgan fingerprint density at radius 3 is 2.47 bits per heavy atom.